The Kier molecular flexibility index (Phi) is 4.46. The van der Waals surface area contributed by atoms with Gasteiger partial charge in [-0.25, -0.2) is 4.68 Å². The summed E-state index contributed by atoms with van der Waals surface area (Å²) in [5.74, 6) is 0. The van der Waals surface area contributed by atoms with E-state index in [0.29, 0.717) is 21.5 Å². The van der Waals surface area contributed by atoms with Crippen molar-refractivity contribution >= 4 is 28.2 Å². The summed E-state index contributed by atoms with van der Waals surface area (Å²) in [7, 11) is 0. The Hall–Kier alpha value is -3.46. The van der Waals surface area contributed by atoms with Crippen LogP contribution in [-0.2, 0) is 6.18 Å². The molecule has 0 N–H and O–H groups in total. The molecule has 2 aromatic heterocycles. The monoisotopic (exact) mass is 418 g/mol. The lowest BCUT2D eigenvalue weighted by Crippen LogP contribution is -2.13. The minimum atomic E-state index is -4.67. The smallest absolute Gasteiger partial charge is 0.258 e. The Bertz CT molecular complexity index is 1240. The van der Waals surface area contributed by atoms with Gasteiger partial charge in [0.2, 0.25) is 0 Å². The van der Waals surface area contributed by atoms with Crippen molar-refractivity contribution in [3.63, 3.8) is 0 Å². The molecule has 0 aliphatic heterocycles. The number of nitro groups is 1. The Morgan fingerprint density at radius 1 is 1.03 bits per heavy atom. The van der Waals surface area contributed by atoms with Crippen LogP contribution in [0, 0.1) is 10.1 Å². The number of hydrogen-bond acceptors (Lipinski definition) is 4. The number of halogens is 4. The molecule has 2 aromatic carbocycles. The molecule has 0 radical (unpaired) electrons. The first kappa shape index (κ1) is 18.9. The average Bonchev–Trinajstić information content (AvgIpc) is 3.13. The van der Waals surface area contributed by atoms with Crippen molar-refractivity contribution in [2.75, 3.05) is 0 Å². The van der Waals surface area contributed by atoms with E-state index in [1.165, 1.54) is 36.5 Å². The molecule has 0 saturated heterocycles. The van der Waals surface area contributed by atoms with E-state index in [2.05, 4.69) is 10.1 Å². The van der Waals surface area contributed by atoms with Crippen LogP contribution >= 0.6 is 11.6 Å². The molecule has 2 heterocycles. The van der Waals surface area contributed by atoms with Gasteiger partial charge in [0.05, 0.1) is 21.8 Å². The Balaban J connectivity index is 1.91. The lowest BCUT2D eigenvalue weighted by molar-refractivity contribution is -0.384. The van der Waals surface area contributed by atoms with Gasteiger partial charge in [-0.05, 0) is 42.5 Å². The molecule has 0 fully saturated rings. The SMILES string of the molecule is O=[N+]([O-])c1ccc(-c2cc(C(F)(F)F)n(-c3ccnc4cc(Cl)ccc34)n2)cc1. The molecular weight excluding hydrogens is 409 g/mol. The first-order chi connectivity index (χ1) is 13.7. The molecule has 4 rings (SSSR count). The number of alkyl halides is 3. The van der Waals surface area contributed by atoms with E-state index in [4.69, 9.17) is 11.6 Å². The van der Waals surface area contributed by atoms with Gasteiger partial charge in [0.15, 0.2) is 0 Å². The van der Waals surface area contributed by atoms with Crippen molar-refractivity contribution in [1.82, 2.24) is 14.8 Å². The first-order valence-corrected chi connectivity index (χ1v) is 8.58. The number of fused-ring (bicyclic) bond motifs is 1. The minimum absolute atomic E-state index is 0.0335. The van der Waals surface area contributed by atoms with Gasteiger partial charge in [-0.2, -0.15) is 18.3 Å². The van der Waals surface area contributed by atoms with Crippen LogP contribution in [0.4, 0.5) is 18.9 Å². The molecular formula is C19H10ClF3N4O2. The quantitative estimate of drug-likeness (QED) is 0.317. The summed E-state index contributed by atoms with van der Waals surface area (Å²) < 4.78 is 41.9. The van der Waals surface area contributed by atoms with E-state index in [1.807, 2.05) is 0 Å². The highest BCUT2D eigenvalue weighted by Gasteiger charge is 2.37. The van der Waals surface area contributed by atoms with Crippen LogP contribution in [0.15, 0.2) is 60.8 Å². The highest BCUT2D eigenvalue weighted by atomic mass is 35.5. The number of nitro benzene ring substituents is 1. The molecule has 0 saturated carbocycles. The topological polar surface area (TPSA) is 73.8 Å². The number of pyridine rings is 1. The molecule has 0 aliphatic carbocycles. The van der Waals surface area contributed by atoms with Crippen molar-refractivity contribution in [2.24, 2.45) is 0 Å². The van der Waals surface area contributed by atoms with Gasteiger partial charge in [0.25, 0.3) is 5.69 Å². The van der Waals surface area contributed by atoms with Crippen LogP contribution in [0.2, 0.25) is 5.02 Å². The molecule has 6 nitrogen and oxygen atoms in total. The standard InChI is InChI=1S/C19H10ClF3N4O2/c20-12-3-6-14-16(9-12)24-8-7-17(14)26-18(19(21,22)23)10-15(25-26)11-1-4-13(5-2-11)27(28)29/h1-10H. The van der Waals surface area contributed by atoms with Crippen LogP contribution in [0.25, 0.3) is 27.8 Å². The fourth-order valence-corrected chi connectivity index (χ4v) is 3.12. The fraction of sp³-hybridized carbons (Fsp3) is 0.0526. The maximum absolute atomic E-state index is 13.7. The Morgan fingerprint density at radius 3 is 2.41 bits per heavy atom. The zero-order valence-electron chi connectivity index (χ0n) is 14.4. The second-order valence-electron chi connectivity index (χ2n) is 6.12. The van der Waals surface area contributed by atoms with E-state index in [-0.39, 0.29) is 17.1 Å². The summed E-state index contributed by atoms with van der Waals surface area (Å²) in [6.45, 7) is 0. The van der Waals surface area contributed by atoms with Crippen molar-refractivity contribution in [1.29, 1.82) is 0 Å². The summed E-state index contributed by atoms with van der Waals surface area (Å²) in [4.78, 5) is 14.3. The Morgan fingerprint density at radius 2 is 1.76 bits per heavy atom. The van der Waals surface area contributed by atoms with E-state index in [9.17, 15) is 23.3 Å². The summed E-state index contributed by atoms with van der Waals surface area (Å²) in [6.07, 6.45) is -3.30. The number of aromatic nitrogens is 3. The normalized spacial score (nSPS) is 11.7. The third-order valence-electron chi connectivity index (χ3n) is 4.28. The molecule has 0 unspecified atom stereocenters. The number of hydrogen-bond donors (Lipinski definition) is 0. The third-order valence-corrected chi connectivity index (χ3v) is 4.52. The molecule has 4 aromatic rings. The van der Waals surface area contributed by atoms with Crippen molar-refractivity contribution in [2.45, 2.75) is 6.18 Å². The first-order valence-electron chi connectivity index (χ1n) is 8.21. The Labute approximate surface area is 166 Å². The highest BCUT2D eigenvalue weighted by molar-refractivity contribution is 6.31. The molecule has 29 heavy (non-hydrogen) atoms. The maximum atomic E-state index is 13.7. The van der Waals surface area contributed by atoms with E-state index in [0.717, 1.165) is 10.7 Å². The predicted molar refractivity (Wildman–Crippen MR) is 101 cm³/mol. The van der Waals surface area contributed by atoms with E-state index >= 15 is 0 Å². The number of benzene rings is 2. The maximum Gasteiger partial charge on any atom is 0.433 e. The lowest BCUT2D eigenvalue weighted by Gasteiger charge is -2.12. The van der Waals surface area contributed by atoms with Gasteiger partial charge in [0.1, 0.15) is 5.69 Å². The highest BCUT2D eigenvalue weighted by Crippen LogP contribution is 2.36. The lowest BCUT2D eigenvalue weighted by atomic mass is 10.1. The van der Waals surface area contributed by atoms with Gasteiger partial charge < -0.3 is 0 Å². The van der Waals surface area contributed by atoms with E-state index < -0.39 is 16.8 Å². The van der Waals surface area contributed by atoms with Gasteiger partial charge in [0, 0.05) is 34.3 Å². The molecule has 0 atom stereocenters. The van der Waals surface area contributed by atoms with Crippen LogP contribution in [0.1, 0.15) is 5.69 Å². The zero-order chi connectivity index (χ0) is 20.8. The third kappa shape index (κ3) is 3.52. The summed E-state index contributed by atoms with van der Waals surface area (Å²) in [5.41, 5.74) is -0.176. The predicted octanol–water partition coefficient (Wildman–Crippen LogP) is 5.67. The van der Waals surface area contributed by atoms with Crippen molar-refractivity contribution < 1.29 is 18.1 Å². The second-order valence-corrected chi connectivity index (χ2v) is 6.56. The van der Waals surface area contributed by atoms with Crippen molar-refractivity contribution in [3.05, 3.63) is 81.6 Å². The largest absolute Gasteiger partial charge is 0.433 e. The molecule has 10 heteroatoms. The zero-order valence-corrected chi connectivity index (χ0v) is 15.1. The number of non-ortho nitro benzene ring substituents is 1. The number of nitrogens with zero attached hydrogens (tertiary/aromatic N) is 4. The van der Waals surface area contributed by atoms with Crippen LogP contribution in [0.3, 0.4) is 0 Å². The van der Waals surface area contributed by atoms with E-state index in [1.54, 1.807) is 18.2 Å². The molecule has 0 spiro atoms. The van der Waals surface area contributed by atoms with Gasteiger partial charge in [-0.15, -0.1) is 0 Å². The molecule has 0 bridgehead atoms. The van der Waals surface area contributed by atoms with Crippen molar-refractivity contribution in [3.8, 4) is 16.9 Å². The summed E-state index contributed by atoms with van der Waals surface area (Å²) in [5, 5.41) is 15.8. The summed E-state index contributed by atoms with van der Waals surface area (Å²) in [6, 6.07) is 12.2. The van der Waals surface area contributed by atoms with Gasteiger partial charge in [-0.3, -0.25) is 15.1 Å². The van der Waals surface area contributed by atoms with Crippen LogP contribution in [0.5, 0.6) is 0 Å². The molecule has 0 aliphatic rings. The van der Waals surface area contributed by atoms with Gasteiger partial charge >= 0.3 is 6.18 Å². The average molecular weight is 419 g/mol. The van der Waals surface area contributed by atoms with Crippen LogP contribution in [-0.4, -0.2) is 19.7 Å². The number of rotatable bonds is 3. The van der Waals surface area contributed by atoms with Crippen LogP contribution < -0.4 is 0 Å². The molecule has 0 amide bonds. The second kappa shape index (κ2) is 6.85. The minimum Gasteiger partial charge on any atom is -0.258 e. The fourth-order valence-electron chi connectivity index (χ4n) is 2.95. The summed E-state index contributed by atoms with van der Waals surface area (Å²) >= 11 is 5.95. The van der Waals surface area contributed by atoms with Gasteiger partial charge in [-0.1, -0.05) is 11.6 Å². The molecule has 146 valence electrons.